The van der Waals surface area contributed by atoms with Gasteiger partial charge in [-0.15, -0.1) is 0 Å². The lowest BCUT2D eigenvalue weighted by Gasteiger charge is -2.40. The molecule has 42 heavy (non-hydrogen) atoms. The largest absolute Gasteiger partial charge is 0.506 e. The summed E-state index contributed by atoms with van der Waals surface area (Å²) in [7, 11) is 1.27. The van der Waals surface area contributed by atoms with Gasteiger partial charge >= 0.3 is 0 Å². The second-order valence-electron chi connectivity index (χ2n) is 10.3. The summed E-state index contributed by atoms with van der Waals surface area (Å²) in [6.07, 6.45) is -14.1. The van der Waals surface area contributed by atoms with E-state index in [2.05, 4.69) is 0 Å². The Bertz CT molecular complexity index is 1470. The normalized spacial score (nSPS) is 33.5. The third-order valence-corrected chi connectivity index (χ3v) is 7.59. The van der Waals surface area contributed by atoms with Crippen LogP contribution in [0.5, 0.6) is 17.2 Å². The Kier molecular flexibility index (Phi) is 8.44. The van der Waals surface area contributed by atoms with Gasteiger partial charge < -0.3 is 64.2 Å². The third-order valence-electron chi connectivity index (χ3n) is 7.59. The quantitative estimate of drug-likeness (QED) is 0.170. The minimum absolute atomic E-state index is 0.0547. The fourth-order valence-corrected chi connectivity index (χ4v) is 5.16. The van der Waals surface area contributed by atoms with Gasteiger partial charge in [0.05, 0.1) is 25.4 Å². The highest BCUT2D eigenvalue weighted by Crippen LogP contribution is 2.45. The third kappa shape index (κ3) is 5.21. The van der Waals surface area contributed by atoms with Gasteiger partial charge in [-0.3, -0.25) is 4.79 Å². The van der Waals surface area contributed by atoms with Gasteiger partial charge in [0.1, 0.15) is 82.8 Å². The van der Waals surface area contributed by atoms with Gasteiger partial charge in [0.25, 0.3) is 0 Å². The molecule has 3 aromatic rings. The Labute approximate surface area is 238 Å². The fraction of sp³-hybridized carbons (Fsp3) is 0.464. The van der Waals surface area contributed by atoms with Crippen LogP contribution in [0.25, 0.3) is 22.3 Å². The summed E-state index contributed by atoms with van der Waals surface area (Å²) in [5.74, 6) is -0.321. The van der Waals surface area contributed by atoms with Crippen LogP contribution in [0.2, 0.25) is 0 Å². The van der Waals surface area contributed by atoms with Crippen LogP contribution in [0, 0.1) is 0 Å². The summed E-state index contributed by atoms with van der Waals surface area (Å²) >= 11 is 0. The molecule has 0 saturated carbocycles. The van der Waals surface area contributed by atoms with Gasteiger partial charge in [-0.2, -0.15) is 0 Å². The van der Waals surface area contributed by atoms with Crippen molar-refractivity contribution in [2.24, 2.45) is 0 Å². The molecule has 2 aliphatic heterocycles. The molecule has 14 heteroatoms. The van der Waals surface area contributed by atoms with Crippen molar-refractivity contribution in [2.75, 3.05) is 13.7 Å². The minimum atomic E-state index is -1.73. The summed E-state index contributed by atoms with van der Waals surface area (Å²) in [5, 5.41) is 81.4. The van der Waals surface area contributed by atoms with E-state index in [1.165, 1.54) is 32.2 Å². The van der Waals surface area contributed by atoms with Crippen molar-refractivity contribution >= 4 is 11.0 Å². The van der Waals surface area contributed by atoms with Crippen LogP contribution in [-0.2, 0) is 9.47 Å². The Balaban J connectivity index is 1.46. The molecule has 2 saturated heterocycles. The predicted molar refractivity (Wildman–Crippen MR) is 142 cm³/mol. The standard InChI is InChI=1S/C28H32O14/c1-10-20(31)23(34)26(37)28(39-10)40-12-5-3-11(4-6-12)14-7-13(30)18-16(41-14)8-15(38-2)19(22(18)33)27-25(36)24(35)21(32)17(9-29)42-27/h3-8,10,17,20-21,23-29,31-37H,9H2,1-2H3/t10-,17-,20-,21+,23-,24+,25-,26-,27+,28+/m0/s1. The van der Waals surface area contributed by atoms with E-state index in [-0.39, 0.29) is 33.8 Å². The minimum Gasteiger partial charge on any atom is -0.506 e. The van der Waals surface area contributed by atoms with Crippen molar-refractivity contribution in [3.05, 3.63) is 52.2 Å². The number of phenols is 1. The van der Waals surface area contributed by atoms with E-state index in [9.17, 15) is 45.6 Å². The summed E-state index contributed by atoms with van der Waals surface area (Å²) < 4.78 is 27.9. The van der Waals surface area contributed by atoms with E-state index in [4.69, 9.17) is 23.4 Å². The Hall–Kier alpha value is -3.31. The smallest absolute Gasteiger partial charge is 0.229 e. The van der Waals surface area contributed by atoms with Crippen molar-refractivity contribution in [2.45, 2.75) is 68.1 Å². The number of hydrogen-bond acceptors (Lipinski definition) is 14. The van der Waals surface area contributed by atoms with E-state index in [0.29, 0.717) is 5.56 Å². The SMILES string of the molecule is COc1cc2oc(-c3ccc(O[C@H]4O[C@@H](C)[C@H](O)[C@H](O)[C@@H]4O)cc3)cc(=O)c2c(O)c1[C@H]1O[C@@H](CO)[C@@H](O)[C@@H](O)[C@@H]1O. The van der Waals surface area contributed by atoms with E-state index in [1.807, 2.05) is 0 Å². The van der Waals surface area contributed by atoms with Crippen molar-refractivity contribution in [3.8, 4) is 28.6 Å². The molecule has 0 bridgehead atoms. The molecular weight excluding hydrogens is 560 g/mol. The van der Waals surface area contributed by atoms with Crippen LogP contribution >= 0.6 is 0 Å². The molecule has 0 amide bonds. The molecule has 228 valence electrons. The number of aromatic hydroxyl groups is 1. The van der Waals surface area contributed by atoms with Crippen LogP contribution in [0.4, 0.5) is 0 Å². The van der Waals surface area contributed by atoms with Crippen LogP contribution in [0.15, 0.2) is 45.6 Å². The number of phenolic OH excluding ortho intramolecular Hbond substituents is 1. The van der Waals surface area contributed by atoms with Crippen LogP contribution in [0.3, 0.4) is 0 Å². The molecule has 0 aliphatic carbocycles. The zero-order valence-corrected chi connectivity index (χ0v) is 22.5. The highest BCUT2D eigenvalue weighted by molar-refractivity contribution is 5.88. The number of aliphatic hydroxyl groups is 7. The van der Waals surface area contributed by atoms with Crippen molar-refractivity contribution in [3.63, 3.8) is 0 Å². The van der Waals surface area contributed by atoms with Crippen LogP contribution in [0.1, 0.15) is 18.6 Å². The first kappa shape index (κ1) is 30.2. The summed E-state index contributed by atoms with van der Waals surface area (Å²) in [6.45, 7) is 0.840. The van der Waals surface area contributed by atoms with E-state index < -0.39 is 79.0 Å². The highest BCUT2D eigenvalue weighted by Gasteiger charge is 2.46. The highest BCUT2D eigenvalue weighted by atomic mass is 16.7. The topological polar surface area (TPSA) is 229 Å². The van der Waals surface area contributed by atoms with Crippen LogP contribution < -0.4 is 14.9 Å². The summed E-state index contributed by atoms with van der Waals surface area (Å²) in [5.41, 5.74) is -0.465. The average molecular weight is 593 g/mol. The van der Waals surface area contributed by atoms with Gasteiger partial charge in [0.2, 0.25) is 6.29 Å². The zero-order valence-electron chi connectivity index (χ0n) is 22.5. The van der Waals surface area contributed by atoms with Gasteiger partial charge in [0.15, 0.2) is 5.43 Å². The van der Waals surface area contributed by atoms with E-state index >= 15 is 0 Å². The first-order valence-electron chi connectivity index (χ1n) is 13.1. The van der Waals surface area contributed by atoms with Crippen molar-refractivity contribution < 1.29 is 64.2 Å². The van der Waals surface area contributed by atoms with Crippen LogP contribution in [-0.4, -0.2) is 110 Å². The lowest BCUT2D eigenvalue weighted by Crippen LogP contribution is -2.58. The number of ether oxygens (including phenoxy) is 4. The monoisotopic (exact) mass is 592 g/mol. The molecule has 3 heterocycles. The molecule has 8 N–H and O–H groups in total. The molecule has 2 fully saturated rings. The van der Waals surface area contributed by atoms with Gasteiger partial charge in [-0.25, -0.2) is 0 Å². The first-order valence-corrected chi connectivity index (χ1v) is 13.1. The number of benzene rings is 2. The summed E-state index contributed by atoms with van der Waals surface area (Å²) in [4.78, 5) is 13.2. The van der Waals surface area contributed by atoms with Gasteiger partial charge in [-0.1, -0.05) is 0 Å². The van der Waals surface area contributed by atoms with Crippen molar-refractivity contribution in [1.29, 1.82) is 0 Å². The lowest BCUT2D eigenvalue weighted by molar-refractivity contribution is -0.268. The Morgan fingerprint density at radius 1 is 0.857 bits per heavy atom. The zero-order chi connectivity index (χ0) is 30.5. The second-order valence-corrected chi connectivity index (χ2v) is 10.3. The fourth-order valence-electron chi connectivity index (χ4n) is 5.16. The Morgan fingerprint density at radius 3 is 2.17 bits per heavy atom. The number of methoxy groups -OCH3 is 1. The average Bonchev–Trinajstić information content (AvgIpc) is 2.98. The summed E-state index contributed by atoms with van der Waals surface area (Å²) in [6, 6.07) is 8.58. The molecule has 14 nitrogen and oxygen atoms in total. The molecule has 0 spiro atoms. The molecule has 0 radical (unpaired) electrons. The number of hydrogen-bond donors (Lipinski definition) is 8. The molecule has 1 aromatic heterocycles. The first-order chi connectivity index (χ1) is 20.0. The molecule has 2 aliphatic rings. The molecule has 2 aromatic carbocycles. The van der Waals surface area contributed by atoms with Gasteiger partial charge in [0, 0.05) is 17.7 Å². The molecule has 5 rings (SSSR count). The lowest BCUT2D eigenvalue weighted by atomic mass is 9.89. The van der Waals surface area contributed by atoms with E-state index in [0.717, 1.165) is 6.07 Å². The maximum absolute atomic E-state index is 13.2. The van der Waals surface area contributed by atoms with Crippen molar-refractivity contribution in [1.82, 2.24) is 0 Å². The van der Waals surface area contributed by atoms with E-state index in [1.54, 1.807) is 12.1 Å². The predicted octanol–water partition coefficient (Wildman–Crippen LogP) is -1.10. The number of rotatable bonds is 6. The van der Waals surface area contributed by atoms with Gasteiger partial charge in [-0.05, 0) is 31.2 Å². The molecular formula is C28H32O14. The maximum Gasteiger partial charge on any atom is 0.229 e. The molecule has 0 unspecified atom stereocenters. The maximum atomic E-state index is 13.2. The molecule has 10 atom stereocenters. The number of fused-ring (bicyclic) bond motifs is 1. The Morgan fingerprint density at radius 2 is 1.52 bits per heavy atom. The second kappa shape index (κ2) is 11.8. The number of aliphatic hydroxyl groups excluding tert-OH is 7.